The predicted octanol–water partition coefficient (Wildman–Crippen LogP) is 2.70. The van der Waals surface area contributed by atoms with Crippen molar-refractivity contribution in [1.82, 2.24) is 9.38 Å². The summed E-state index contributed by atoms with van der Waals surface area (Å²) in [5.74, 6) is 0.786. The normalized spacial score (nSPS) is 11.0. The third-order valence-corrected chi connectivity index (χ3v) is 3.00. The molecule has 0 atom stereocenters. The summed E-state index contributed by atoms with van der Waals surface area (Å²) < 4.78 is 7.12. The molecule has 18 heavy (non-hydrogen) atoms. The predicted molar refractivity (Wildman–Crippen MR) is 69.3 cm³/mol. The zero-order valence-electron chi connectivity index (χ0n) is 10.2. The summed E-state index contributed by atoms with van der Waals surface area (Å²) in [4.78, 5) is 15.6. The average molecular weight is 240 g/mol. The second-order valence-corrected chi connectivity index (χ2v) is 4.17. The SMILES string of the molecule is COc1ccc2c(ccc3nc(C(C)=O)cn32)c1. The largest absolute Gasteiger partial charge is 0.497 e. The van der Waals surface area contributed by atoms with Crippen LogP contribution in [0.4, 0.5) is 0 Å². The molecular formula is C14H12N2O2. The van der Waals surface area contributed by atoms with Crippen LogP contribution in [-0.2, 0) is 0 Å². The number of hydrogen-bond acceptors (Lipinski definition) is 3. The van der Waals surface area contributed by atoms with E-state index in [4.69, 9.17) is 4.74 Å². The molecule has 0 aliphatic carbocycles. The number of ether oxygens (including phenoxy) is 1. The molecule has 0 saturated carbocycles. The lowest BCUT2D eigenvalue weighted by molar-refractivity contribution is 0.101. The van der Waals surface area contributed by atoms with E-state index >= 15 is 0 Å². The number of imidazole rings is 1. The lowest BCUT2D eigenvalue weighted by Gasteiger charge is -2.04. The van der Waals surface area contributed by atoms with Crippen molar-refractivity contribution in [2.75, 3.05) is 7.11 Å². The zero-order valence-corrected chi connectivity index (χ0v) is 10.2. The summed E-state index contributed by atoms with van der Waals surface area (Å²) in [5, 5.41) is 1.05. The van der Waals surface area contributed by atoms with E-state index in [0.717, 1.165) is 22.3 Å². The topological polar surface area (TPSA) is 43.6 Å². The van der Waals surface area contributed by atoms with Gasteiger partial charge in [-0.1, -0.05) is 0 Å². The smallest absolute Gasteiger partial charge is 0.179 e. The highest BCUT2D eigenvalue weighted by atomic mass is 16.5. The Morgan fingerprint density at radius 1 is 1.28 bits per heavy atom. The Bertz CT molecular complexity index is 759. The molecule has 0 spiro atoms. The first-order valence-electron chi connectivity index (χ1n) is 5.66. The van der Waals surface area contributed by atoms with Crippen LogP contribution in [0.2, 0.25) is 0 Å². The molecule has 0 N–H and O–H groups in total. The number of rotatable bonds is 2. The molecule has 0 unspecified atom stereocenters. The van der Waals surface area contributed by atoms with E-state index < -0.39 is 0 Å². The van der Waals surface area contributed by atoms with Gasteiger partial charge in [-0.25, -0.2) is 4.98 Å². The number of fused-ring (bicyclic) bond motifs is 3. The first-order valence-corrected chi connectivity index (χ1v) is 5.66. The van der Waals surface area contributed by atoms with E-state index in [2.05, 4.69) is 4.98 Å². The summed E-state index contributed by atoms with van der Waals surface area (Å²) in [5.41, 5.74) is 2.27. The third kappa shape index (κ3) is 1.54. The van der Waals surface area contributed by atoms with Crippen LogP contribution in [0.5, 0.6) is 5.75 Å². The molecule has 0 aliphatic heterocycles. The molecule has 2 aromatic heterocycles. The van der Waals surface area contributed by atoms with E-state index in [0.29, 0.717) is 5.69 Å². The van der Waals surface area contributed by atoms with Gasteiger partial charge in [-0.2, -0.15) is 0 Å². The van der Waals surface area contributed by atoms with Crippen LogP contribution in [0, 0.1) is 0 Å². The fourth-order valence-corrected chi connectivity index (χ4v) is 2.05. The minimum absolute atomic E-state index is 0.0274. The Labute approximate surface area is 104 Å². The molecule has 0 radical (unpaired) electrons. The van der Waals surface area contributed by atoms with E-state index in [1.165, 1.54) is 6.92 Å². The van der Waals surface area contributed by atoms with Crippen molar-refractivity contribution in [1.29, 1.82) is 0 Å². The van der Waals surface area contributed by atoms with Gasteiger partial charge in [0.15, 0.2) is 5.78 Å². The van der Waals surface area contributed by atoms with Crippen LogP contribution in [0.3, 0.4) is 0 Å². The zero-order chi connectivity index (χ0) is 12.7. The van der Waals surface area contributed by atoms with E-state index in [-0.39, 0.29) is 5.78 Å². The maximum absolute atomic E-state index is 11.4. The lowest BCUT2D eigenvalue weighted by atomic mass is 10.2. The van der Waals surface area contributed by atoms with Crippen LogP contribution in [0.25, 0.3) is 16.6 Å². The van der Waals surface area contributed by atoms with Crippen LogP contribution in [-0.4, -0.2) is 22.3 Å². The van der Waals surface area contributed by atoms with Crippen molar-refractivity contribution in [3.63, 3.8) is 0 Å². The van der Waals surface area contributed by atoms with Gasteiger partial charge in [0.25, 0.3) is 0 Å². The number of pyridine rings is 1. The Morgan fingerprint density at radius 3 is 2.83 bits per heavy atom. The Morgan fingerprint density at radius 2 is 2.11 bits per heavy atom. The number of Topliss-reactive ketones (excluding diaryl/α,β-unsaturated/α-hetero) is 1. The van der Waals surface area contributed by atoms with E-state index in [1.807, 2.05) is 34.7 Å². The van der Waals surface area contributed by atoms with Crippen LogP contribution in [0.1, 0.15) is 17.4 Å². The highest BCUT2D eigenvalue weighted by molar-refractivity contribution is 5.93. The average Bonchev–Trinajstić information content (AvgIpc) is 2.82. The minimum Gasteiger partial charge on any atom is -0.497 e. The van der Waals surface area contributed by atoms with Gasteiger partial charge in [-0.3, -0.25) is 9.20 Å². The van der Waals surface area contributed by atoms with Crippen molar-refractivity contribution in [2.45, 2.75) is 6.92 Å². The fourth-order valence-electron chi connectivity index (χ4n) is 2.05. The number of nitrogens with zero attached hydrogens (tertiary/aromatic N) is 2. The molecule has 3 rings (SSSR count). The third-order valence-electron chi connectivity index (χ3n) is 3.00. The summed E-state index contributed by atoms with van der Waals surface area (Å²) in [6, 6.07) is 9.70. The highest BCUT2D eigenvalue weighted by Crippen LogP contribution is 2.22. The maximum atomic E-state index is 11.4. The van der Waals surface area contributed by atoms with Crippen molar-refractivity contribution in [2.24, 2.45) is 0 Å². The molecule has 90 valence electrons. The minimum atomic E-state index is -0.0274. The van der Waals surface area contributed by atoms with Gasteiger partial charge < -0.3 is 4.74 Å². The van der Waals surface area contributed by atoms with Gasteiger partial charge in [-0.05, 0) is 30.3 Å². The molecule has 0 amide bonds. The highest BCUT2D eigenvalue weighted by Gasteiger charge is 2.08. The number of methoxy groups -OCH3 is 1. The molecule has 0 saturated heterocycles. The molecule has 4 heteroatoms. The number of benzene rings is 1. The molecule has 2 heterocycles. The maximum Gasteiger partial charge on any atom is 0.179 e. The number of carbonyl (C=O) groups excluding carboxylic acids is 1. The number of carbonyl (C=O) groups is 1. The van der Waals surface area contributed by atoms with Gasteiger partial charge in [0.05, 0.1) is 12.6 Å². The molecule has 4 nitrogen and oxygen atoms in total. The monoisotopic (exact) mass is 240 g/mol. The molecule has 3 aromatic rings. The summed E-state index contributed by atoms with van der Waals surface area (Å²) in [6.07, 6.45) is 1.77. The number of ketones is 1. The van der Waals surface area contributed by atoms with Crippen molar-refractivity contribution >= 4 is 22.3 Å². The van der Waals surface area contributed by atoms with Crippen molar-refractivity contribution in [3.8, 4) is 5.75 Å². The summed E-state index contributed by atoms with van der Waals surface area (Å²) in [6.45, 7) is 1.52. The van der Waals surface area contributed by atoms with Crippen molar-refractivity contribution < 1.29 is 9.53 Å². The Hall–Kier alpha value is -2.36. The van der Waals surface area contributed by atoms with Gasteiger partial charge in [0, 0.05) is 18.5 Å². The van der Waals surface area contributed by atoms with Gasteiger partial charge in [0.2, 0.25) is 0 Å². The van der Waals surface area contributed by atoms with Gasteiger partial charge >= 0.3 is 0 Å². The van der Waals surface area contributed by atoms with Crippen LogP contribution in [0.15, 0.2) is 36.5 Å². The summed E-state index contributed by atoms with van der Waals surface area (Å²) >= 11 is 0. The molecule has 0 aliphatic rings. The molecule has 0 fully saturated rings. The molecule has 0 bridgehead atoms. The fraction of sp³-hybridized carbons (Fsp3) is 0.143. The Kier molecular flexibility index (Phi) is 2.30. The van der Waals surface area contributed by atoms with Crippen molar-refractivity contribution in [3.05, 3.63) is 42.2 Å². The standard InChI is InChI=1S/C14H12N2O2/c1-9(17)12-8-16-13-5-4-11(18-2)7-10(13)3-6-14(16)15-12/h3-8H,1-2H3. The van der Waals surface area contributed by atoms with Crippen LogP contribution >= 0.6 is 0 Å². The van der Waals surface area contributed by atoms with E-state index in [1.54, 1.807) is 13.3 Å². The molecular weight excluding hydrogens is 228 g/mol. The second kappa shape index (κ2) is 3.84. The second-order valence-electron chi connectivity index (χ2n) is 4.17. The number of aromatic nitrogens is 2. The lowest BCUT2D eigenvalue weighted by Crippen LogP contribution is -1.90. The first kappa shape index (κ1) is 10.8. The van der Waals surface area contributed by atoms with E-state index in [9.17, 15) is 4.79 Å². The van der Waals surface area contributed by atoms with Gasteiger partial charge in [0.1, 0.15) is 17.1 Å². The number of hydrogen-bond donors (Lipinski definition) is 0. The molecule has 1 aromatic carbocycles. The quantitative estimate of drug-likeness (QED) is 0.647. The Balaban J connectivity index is 2.34. The van der Waals surface area contributed by atoms with Crippen LogP contribution < -0.4 is 4.74 Å². The van der Waals surface area contributed by atoms with Gasteiger partial charge in [-0.15, -0.1) is 0 Å². The summed E-state index contributed by atoms with van der Waals surface area (Å²) in [7, 11) is 1.64. The first-order chi connectivity index (χ1) is 8.69.